The number of amides is 1. The van der Waals surface area contributed by atoms with Crippen LogP contribution in [0, 0.1) is 5.41 Å². The van der Waals surface area contributed by atoms with E-state index in [1.807, 2.05) is 24.3 Å². The molecule has 0 aromatic heterocycles. The van der Waals surface area contributed by atoms with Gasteiger partial charge < -0.3 is 20.9 Å². The average molecular weight is 564 g/mol. The molecule has 41 heavy (non-hydrogen) atoms. The van der Waals surface area contributed by atoms with Crippen molar-refractivity contribution in [2.45, 2.75) is 62.4 Å². The van der Waals surface area contributed by atoms with Gasteiger partial charge in [0, 0.05) is 17.7 Å². The molecule has 3 aromatic rings. The van der Waals surface area contributed by atoms with Gasteiger partial charge in [-0.3, -0.25) is 10.2 Å². The van der Waals surface area contributed by atoms with Crippen molar-refractivity contribution >= 4 is 17.7 Å². The summed E-state index contributed by atoms with van der Waals surface area (Å²) in [5.41, 5.74) is 16.0. The highest BCUT2D eigenvalue weighted by Crippen LogP contribution is 2.58. The largest absolute Gasteiger partial charge is 0.490 e. The molecule has 0 radical (unpaired) electrons. The molecule has 2 aliphatic carbocycles. The van der Waals surface area contributed by atoms with Crippen LogP contribution in [0.4, 0.5) is 13.2 Å². The predicted octanol–water partition coefficient (Wildman–Crippen LogP) is 5.81. The fourth-order valence-electron chi connectivity index (χ4n) is 5.65. The lowest BCUT2D eigenvalue weighted by atomic mass is 9.82. The number of ether oxygens (including phenoxy) is 1. The molecule has 7 nitrogen and oxygen atoms in total. The number of rotatable bonds is 6. The average Bonchev–Trinajstić information content (AvgIpc) is 3.88. The number of carbonyl (C=O) groups excluding carboxylic acids is 1. The summed E-state index contributed by atoms with van der Waals surface area (Å²) in [4.78, 5) is 21.8. The molecule has 2 atom stereocenters. The van der Waals surface area contributed by atoms with Crippen LogP contribution in [-0.2, 0) is 16.1 Å². The van der Waals surface area contributed by atoms with Gasteiger partial charge in [0.25, 0.3) is 5.91 Å². The van der Waals surface area contributed by atoms with E-state index in [2.05, 4.69) is 23.5 Å². The molecule has 2 saturated carbocycles. The van der Waals surface area contributed by atoms with Gasteiger partial charge in [-0.15, -0.1) is 0 Å². The minimum Gasteiger partial charge on any atom is -0.475 e. The molecule has 0 unspecified atom stereocenters. The first-order valence-corrected chi connectivity index (χ1v) is 13.5. The second kappa shape index (κ2) is 10.0. The highest BCUT2D eigenvalue weighted by molar-refractivity contribution is 5.95. The number of hydrogen-bond acceptors (Lipinski definition) is 4. The summed E-state index contributed by atoms with van der Waals surface area (Å²) < 4.78 is 38.2. The zero-order chi connectivity index (χ0) is 29.1. The number of nitrogen functional groups attached to an aromatic ring is 1. The van der Waals surface area contributed by atoms with Crippen molar-refractivity contribution in [1.82, 2.24) is 5.32 Å². The summed E-state index contributed by atoms with van der Waals surface area (Å²) in [6.07, 6.45) is 0.120. The maximum atomic E-state index is 12.9. The third-order valence-electron chi connectivity index (χ3n) is 8.03. The van der Waals surface area contributed by atoms with Crippen LogP contribution in [0.25, 0.3) is 0 Å². The summed E-state index contributed by atoms with van der Waals surface area (Å²) in [6, 6.07) is 18.3. The first-order chi connectivity index (χ1) is 19.5. The standard InChI is InChI=1S/C29H27N3O2.C2HF3O2/c30-28(31)18-3-1-15(2-4-18)14-32-29(33)19-9-10-20-23(11-19)27-25-13-22(17-7-8-17)21(16-5-6-16)12-24(25)26(20)34-27;3-2(4,5)1(6)7/h1-4,9-13,16-17,26-27H,5-8,14H2,(H3,30,31)(H,32,33);(H,6,7)/t26-,27+;/m1./s1. The monoisotopic (exact) mass is 563 g/mol. The highest BCUT2D eigenvalue weighted by atomic mass is 19.4. The Balaban J connectivity index is 0.000000387. The van der Waals surface area contributed by atoms with Crippen LogP contribution in [0.15, 0.2) is 54.6 Å². The molecule has 212 valence electrons. The van der Waals surface area contributed by atoms with Crippen LogP contribution in [0.1, 0.15) is 105 Å². The molecule has 10 heteroatoms. The molecule has 2 bridgehead atoms. The molecule has 0 spiro atoms. The highest BCUT2D eigenvalue weighted by Gasteiger charge is 2.45. The maximum absolute atomic E-state index is 12.9. The first-order valence-electron chi connectivity index (χ1n) is 13.5. The molecule has 4 aliphatic rings. The quantitative estimate of drug-likeness (QED) is 0.222. The van der Waals surface area contributed by atoms with Crippen LogP contribution < -0.4 is 11.1 Å². The molecule has 0 saturated heterocycles. The molecular formula is C31H28F3N3O4. The number of carboxylic acids is 1. The fourth-order valence-corrected chi connectivity index (χ4v) is 5.65. The molecule has 7 rings (SSSR count). The maximum Gasteiger partial charge on any atom is 0.490 e. The Kier molecular flexibility index (Phi) is 6.60. The predicted molar refractivity (Wildman–Crippen MR) is 144 cm³/mol. The van der Waals surface area contributed by atoms with E-state index in [0.717, 1.165) is 23.0 Å². The number of aliphatic carboxylic acids is 1. The molecule has 2 aliphatic heterocycles. The number of benzene rings is 3. The minimum atomic E-state index is -5.08. The Morgan fingerprint density at radius 1 is 0.829 bits per heavy atom. The van der Waals surface area contributed by atoms with Crippen molar-refractivity contribution in [3.05, 3.63) is 105 Å². The third kappa shape index (κ3) is 5.31. The van der Waals surface area contributed by atoms with Gasteiger partial charge in [-0.1, -0.05) is 42.5 Å². The Hall–Kier alpha value is -4.18. The number of nitrogens with one attached hydrogen (secondary N) is 2. The number of hydrogen-bond donors (Lipinski definition) is 4. The summed E-state index contributed by atoms with van der Waals surface area (Å²) >= 11 is 0. The van der Waals surface area contributed by atoms with Crippen molar-refractivity contribution in [2.75, 3.05) is 0 Å². The van der Waals surface area contributed by atoms with Crippen molar-refractivity contribution in [1.29, 1.82) is 5.41 Å². The van der Waals surface area contributed by atoms with Gasteiger partial charge in [-0.2, -0.15) is 13.2 Å². The third-order valence-corrected chi connectivity index (χ3v) is 8.03. The van der Waals surface area contributed by atoms with Gasteiger partial charge in [0.1, 0.15) is 18.0 Å². The Bertz CT molecular complexity index is 1560. The molecule has 3 aromatic carbocycles. The number of amidine groups is 1. The molecule has 5 N–H and O–H groups in total. The van der Waals surface area contributed by atoms with Gasteiger partial charge in [-0.25, -0.2) is 4.79 Å². The van der Waals surface area contributed by atoms with E-state index in [4.69, 9.17) is 25.8 Å². The van der Waals surface area contributed by atoms with E-state index in [-0.39, 0.29) is 24.0 Å². The van der Waals surface area contributed by atoms with Gasteiger partial charge in [0.05, 0.1) is 0 Å². The van der Waals surface area contributed by atoms with Crippen molar-refractivity contribution in [3.8, 4) is 0 Å². The van der Waals surface area contributed by atoms with E-state index in [1.165, 1.54) is 42.4 Å². The van der Waals surface area contributed by atoms with Crippen LogP contribution in [0.2, 0.25) is 0 Å². The van der Waals surface area contributed by atoms with E-state index in [1.54, 1.807) is 23.3 Å². The zero-order valence-electron chi connectivity index (χ0n) is 21.9. The van der Waals surface area contributed by atoms with Crippen LogP contribution in [0.3, 0.4) is 0 Å². The summed E-state index contributed by atoms with van der Waals surface area (Å²) in [6.45, 7) is 0.425. The van der Waals surface area contributed by atoms with Crippen molar-refractivity contribution < 1.29 is 32.6 Å². The Morgan fingerprint density at radius 2 is 1.32 bits per heavy atom. The first kappa shape index (κ1) is 27.0. The molecule has 2 heterocycles. The second-order valence-corrected chi connectivity index (χ2v) is 11.0. The van der Waals surface area contributed by atoms with Gasteiger partial charge in [0.15, 0.2) is 0 Å². The molecular weight excluding hydrogens is 535 g/mol. The van der Waals surface area contributed by atoms with Gasteiger partial charge in [-0.05, 0) is 88.6 Å². The van der Waals surface area contributed by atoms with Crippen LogP contribution in [0.5, 0.6) is 0 Å². The zero-order valence-corrected chi connectivity index (χ0v) is 21.9. The number of nitrogens with two attached hydrogens (primary N) is 1. The Labute approximate surface area is 234 Å². The van der Waals surface area contributed by atoms with Crippen LogP contribution >= 0.6 is 0 Å². The van der Waals surface area contributed by atoms with E-state index in [9.17, 15) is 18.0 Å². The Morgan fingerprint density at radius 3 is 1.80 bits per heavy atom. The number of halogens is 3. The topological polar surface area (TPSA) is 126 Å². The van der Waals surface area contributed by atoms with E-state index < -0.39 is 12.1 Å². The van der Waals surface area contributed by atoms with Gasteiger partial charge >= 0.3 is 12.1 Å². The molecule has 1 amide bonds. The van der Waals surface area contributed by atoms with Crippen molar-refractivity contribution in [2.24, 2.45) is 5.73 Å². The lowest BCUT2D eigenvalue weighted by Gasteiger charge is -2.20. The number of carbonyl (C=O) groups is 2. The number of carboxylic acid groups (broad SMARTS) is 1. The van der Waals surface area contributed by atoms with Crippen molar-refractivity contribution in [3.63, 3.8) is 0 Å². The SMILES string of the molecule is N=C(N)c1ccc(CNC(=O)c2ccc3c(c2)[C@@H]2O[C@H]3c3cc(C4CC4)c(C4CC4)cc32)cc1.O=C(O)C(F)(F)F. The summed E-state index contributed by atoms with van der Waals surface area (Å²) in [5.74, 6) is -1.32. The van der Waals surface area contributed by atoms with Crippen LogP contribution in [-0.4, -0.2) is 29.0 Å². The number of alkyl halides is 3. The van der Waals surface area contributed by atoms with E-state index in [0.29, 0.717) is 17.7 Å². The summed E-state index contributed by atoms with van der Waals surface area (Å²) in [5, 5.41) is 17.6. The summed E-state index contributed by atoms with van der Waals surface area (Å²) in [7, 11) is 0. The number of fused-ring (bicyclic) bond motifs is 8. The van der Waals surface area contributed by atoms with E-state index >= 15 is 0 Å². The fraction of sp³-hybridized carbons (Fsp3) is 0.323. The lowest BCUT2D eigenvalue weighted by molar-refractivity contribution is -0.192. The minimum absolute atomic E-state index is 0.00217. The smallest absolute Gasteiger partial charge is 0.475 e. The second-order valence-electron chi connectivity index (χ2n) is 11.0. The van der Waals surface area contributed by atoms with Gasteiger partial charge in [0.2, 0.25) is 0 Å². The lowest BCUT2D eigenvalue weighted by Crippen LogP contribution is -2.23. The normalized spacial score (nSPS) is 20.0. The molecule has 2 fully saturated rings.